The van der Waals surface area contributed by atoms with Gasteiger partial charge in [-0.25, -0.2) is 0 Å². The number of rotatable bonds is 6. The lowest BCUT2D eigenvalue weighted by atomic mass is 9.96. The summed E-state index contributed by atoms with van der Waals surface area (Å²) in [7, 11) is 1.92. The van der Waals surface area contributed by atoms with Gasteiger partial charge in [0.1, 0.15) is 0 Å². The molecule has 0 amide bonds. The minimum absolute atomic E-state index is 0.649. The molecule has 1 unspecified atom stereocenters. The Morgan fingerprint density at radius 3 is 2.75 bits per heavy atom. The molecule has 4 nitrogen and oxygen atoms in total. The molecule has 0 aromatic carbocycles. The van der Waals surface area contributed by atoms with E-state index in [0.717, 1.165) is 30.9 Å². The van der Waals surface area contributed by atoms with E-state index in [-0.39, 0.29) is 0 Å². The van der Waals surface area contributed by atoms with Gasteiger partial charge in [-0.05, 0) is 39.4 Å². The van der Waals surface area contributed by atoms with Gasteiger partial charge >= 0.3 is 0 Å². The molecule has 0 aliphatic carbocycles. The molecule has 1 rings (SSSR count). The van der Waals surface area contributed by atoms with E-state index in [1.54, 1.807) is 0 Å². The van der Waals surface area contributed by atoms with Crippen LogP contribution in [0.25, 0.3) is 0 Å². The van der Waals surface area contributed by atoms with Crippen LogP contribution in [0.15, 0.2) is 6.07 Å². The minimum Gasteiger partial charge on any atom is -0.390 e. The fourth-order valence-electron chi connectivity index (χ4n) is 1.84. The molecular formula is C12H23N3O. The van der Waals surface area contributed by atoms with Crippen LogP contribution in [0.4, 0.5) is 0 Å². The number of nitrogens with zero attached hydrogens (tertiary/aromatic N) is 2. The maximum Gasteiger partial charge on any atom is 0.0686 e. The zero-order valence-electron chi connectivity index (χ0n) is 10.7. The summed E-state index contributed by atoms with van der Waals surface area (Å²) in [4.78, 5) is 0. The Hall–Kier alpha value is -0.870. The summed E-state index contributed by atoms with van der Waals surface area (Å²) in [5.41, 5.74) is 1.42. The Bertz CT molecular complexity index is 331. The van der Waals surface area contributed by atoms with E-state index in [1.165, 1.54) is 0 Å². The standard InChI is InChI=1S/C12H23N3O/c1-5-13-7-6-12(3,16)9-11-8-10(2)14-15(11)4/h8,13,16H,5-7,9H2,1-4H3. The molecule has 2 N–H and O–H groups in total. The van der Waals surface area contributed by atoms with Crippen LogP contribution in [-0.2, 0) is 13.5 Å². The van der Waals surface area contributed by atoms with Crippen molar-refractivity contribution in [2.45, 2.75) is 39.2 Å². The summed E-state index contributed by atoms with van der Waals surface area (Å²) in [6.07, 6.45) is 1.40. The van der Waals surface area contributed by atoms with Gasteiger partial charge in [0.05, 0.1) is 11.3 Å². The Kier molecular flexibility index (Phi) is 4.50. The first-order valence-corrected chi connectivity index (χ1v) is 5.87. The number of nitrogens with one attached hydrogen (secondary N) is 1. The molecular weight excluding hydrogens is 202 g/mol. The van der Waals surface area contributed by atoms with Gasteiger partial charge < -0.3 is 10.4 Å². The number of hydrogen-bond donors (Lipinski definition) is 2. The number of hydrogen-bond acceptors (Lipinski definition) is 3. The molecule has 1 aromatic heterocycles. The highest BCUT2D eigenvalue weighted by atomic mass is 16.3. The van der Waals surface area contributed by atoms with Crippen molar-refractivity contribution >= 4 is 0 Å². The van der Waals surface area contributed by atoms with Crippen LogP contribution in [0.2, 0.25) is 0 Å². The molecule has 1 aromatic rings. The van der Waals surface area contributed by atoms with Gasteiger partial charge in [-0.2, -0.15) is 5.10 Å². The van der Waals surface area contributed by atoms with Crippen molar-refractivity contribution in [1.29, 1.82) is 0 Å². The Morgan fingerprint density at radius 1 is 1.56 bits per heavy atom. The smallest absolute Gasteiger partial charge is 0.0686 e. The highest BCUT2D eigenvalue weighted by Gasteiger charge is 2.22. The molecule has 0 fully saturated rings. The molecule has 0 saturated carbocycles. The summed E-state index contributed by atoms with van der Waals surface area (Å²) in [6.45, 7) is 7.71. The number of aryl methyl sites for hydroxylation is 2. The van der Waals surface area contributed by atoms with Crippen molar-refractivity contribution in [2.24, 2.45) is 7.05 Å². The van der Waals surface area contributed by atoms with Gasteiger partial charge in [-0.3, -0.25) is 4.68 Å². The summed E-state index contributed by atoms with van der Waals surface area (Å²) < 4.78 is 1.84. The van der Waals surface area contributed by atoms with Crippen LogP contribution in [-0.4, -0.2) is 33.6 Å². The number of aliphatic hydroxyl groups is 1. The van der Waals surface area contributed by atoms with Crippen molar-refractivity contribution in [2.75, 3.05) is 13.1 Å². The van der Waals surface area contributed by atoms with Crippen molar-refractivity contribution in [3.05, 3.63) is 17.5 Å². The molecule has 1 atom stereocenters. The van der Waals surface area contributed by atoms with Crippen molar-refractivity contribution in [1.82, 2.24) is 15.1 Å². The van der Waals surface area contributed by atoms with Gasteiger partial charge in [-0.1, -0.05) is 6.92 Å². The van der Waals surface area contributed by atoms with Gasteiger partial charge in [0.2, 0.25) is 0 Å². The van der Waals surface area contributed by atoms with Crippen molar-refractivity contribution in [3.8, 4) is 0 Å². The molecule has 16 heavy (non-hydrogen) atoms. The van der Waals surface area contributed by atoms with Crippen LogP contribution in [0.5, 0.6) is 0 Å². The Labute approximate surface area is 97.7 Å². The van der Waals surface area contributed by atoms with Crippen LogP contribution < -0.4 is 5.32 Å². The van der Waals surface area contributed by atoms with E-state index in [4.69, 9.17) is 0 Å². The second kappa shape index (κ2) is 5.46. The van der Waals surface area contributed by atoms with E-state index in [1.807, 2.05) is 31.6 Å². The van der Waals surface area contributed by atoms with Gasteiger partial charge in [0.25, 0.3) is 0 Å². The highest BCUT2D eigenvalue weighted by Crippen LogP contribution is 2.16. The average molecular weight is 225 g/mol. The largest absolute Gasteiger partial charge is 0.390 e. The first-order chi connectivity index (χ1) is 7.44. The molecule has 0 aliphatic rings. The quantitative estimate of drug-likeness (QED) is 0.711. The van der Waals surface area contributed by atoms with Crippen molar-refractivity contribution < 1.29 is 5.11 Å². The van der Waals surface area contributed by atoms with Gasteiger partial charge in [0.15, 0.2) is 0 Å². The third-order valence-corrected chi connectivity index (χ3v) is 2.75. The highest BCUT2D eigenvalue weighted by molar-refractivity contribution is 5.11. The monoisotopic (exact) mass is 225 g/mol. The first-order valence-electron chi connectivity index (χ1n) is 5.87. The summed E-state index contributed by atoms with van der Waals surface area (Å²) in [6, 6.07) is 2.03. The fraction of sp³-hybridized carbons (Fsp3) is 0.750. The molecule has 92 valence electrons. The SMILES string of the molecule is CCNCCC(C)(O)Cc1cc(C)nn1C. The molecule has 0 bridgehead atoms. The maximum absolute atomic E-state index is 10.2. The summed E-state index contributed by atoms with van der Waals surface area (Å²) in [5.74, 6) is 0. The summed E-state index contributed by atoms with van der Waals surface area (Å²) >= 11 is 0. The minimum atomic E-state index is -0.664. The molecule has 0 aliphatic heterocycles. The normalized spacial score (nSPS) is 15.1. The number of aromatic nitrogens is 2. The fourth-order valence-corrected chi connectivity index (χ4v) is 1.84. The zero-order valence-corrected chi connectivity index (χ0v) is 10.7. The van der Waals surface area contributed by atoms with E-state index < -0.39 is 5.60 Å². The van der Waals surface area contributed by atoms with Crippen LogP contribution >= 0.6 is 0 Å². The van der Waals surface area contributed by atoms with E-state index >= 15 is 0 Å². The van der Waals surface area contributed by atoms with Crippen LogP contribution in [0.3, 0.4) is 0 Å². The molecule has 0 saturated heterocycles. The lowest BCUT2D eigenvalue weighted by Gasteiger charge is -2.23. The molecule has 4 heteroatoms. The lowest BCUT2D eigenvalue weighted by molar-refractivity contribution is 0.0498. The van der Waals surface area contributed by atoms with E-state index in [9.17, 15) is 5.11 Å². The second-order valence-corrected chi connectivity index (χ2v) is 4.68. The molecule has 0 spiro atoms. The molecule has 1 heterocycles. The third kappa shape index (κ3) is 3.94. The van der Waals surface area contributed by atoms with E-state index in [0.29, 0.717) is 6.42 Å². The van der Waals surface area contributed by atoms with Crippen LogP contribution in [0.1, 0.15) is 31.7 Å². The van der Waals surface area contributed by atoms with E-state index in [2.05, 4.69) is 17.3 Å². The first kappa shape index (κ1) is 13.2. The zero-order chi connectivity index (χ0) is 12.2. The topological polar surface area (TPSA) is 50.1 Å². The predicted molar refractivity (Wildman–Crippen MR) is 65.4 cm³/mol. The second-order valence-electron chi connectivity index (χ2n) is 4.68. The maximum atomic E-state index is 10.2. The predicted octanol–water partition coefficient (Wildman–Crippen LogP) is 1.02. The van der Waals surface area contributed by atoms with Crippen molar-refractivity contribution in [3.63, 3.8) is 0 Å². The van der Waals surface area contributed by atoms with Gasteiger partial charge in [-0.15, -0.1) is 0 Å². The van der Waals surface area contributed by atoms with Gasteiger partial charge in [0, 0.05) is 19.2 Å². The average Bonchev–Trinajstić information content (AvgIpc) is 2.44. The Morgan fingerprint density at radius 2 is 2.25 bits per heavy atom. The lowest BCUT2D eigenvalue weighted by Crippen LogP contribution is -2.32. The Balaban J connectivity index is 2.54. The third-order valence-electron chi connectivity index (χ3n) is 2.75. The van der Waals surface area contributed by atoms with Crippen LogP contribution in [0, 0.1) is 6.92 Å². The molecule has 0 radical (unpaired) electrons. The summed E-state index contributed by atoms with van der Waals surface area (Å²) in [5, 5.41) is 17.8.